The van der Waals surface area contributed by atoms with Crippen LogP contribution in [-0.2, 0) is 0 Å². The Balaban J connectivity index is 2.44. The van der Waals surface area contributed by atoms with E-state index in [1.165, 1.54) is 6.20 Å². The van der Waals surface area contributed by atoms with Crippen molar-refractivity contribution in [3.05, 3.63) is 54.0 Å². The van der Waals surface area contributed by atoms with Crippen LogP contribution in [0.25, 0.3) is 5.57 Å². The Morgan fingerprint density at radius 1 is 1.47 bits per heavy atom. The zero-order valence-electron chi connectivity index (χ0n) is 10.8. The van der Waals surface area contributed by atoms with E-state index in [0.717, 1.165) is 22.9 Å². The number of allylic oxidation sites excluding steroid dienone is 5. The maximum atomic E-state index is 13.0. The molecule has 2 heterocycles. The smallest absolute Gasteiger partial charge is 0.332 e. The highest BCUT2D eigenvalue weighted by Crippen LogP contribution is 2.25. The van der Waals surface area contributed by atoms with Crippen LogP contribution in [0.3, 0.4) is 0 Å². The van der Waals surface area contributed by atoms with Crippen molar-refractivity contribution in [2.45, 2.75) is 19.8 Å². The van der Waals surface area contributed by atoms with Gasteiger partial charge in [0, 0.05) is 17.5 Å². The van der Waals surface area contributed by atoms with Gasteiger partial charge >= 0.3 is 7.40 Å². The number of unbranched alkanes of at least 4 members (excludes halogenated alkanes) is 1. The second kappa shape index (κ2) is 6.32. The summed E-state index contributed by atoms with van der Waals surface area (Å²) in [6.45, 7) is 2.08. The number of aromatic nitrogens is 1. The molecule has 0 unspecified atom stereocenters. The fourth-order valence-electron chi connectivity index (χ4n) is 1.92. The molecule has 0 amide bonds. The van der Waals surface area contributed by atoms with E-state index in [1.807, 2.05) is 18.2 Å². The zero-order valence-corrected chi connectivity index (χ0v) is 10.8. The number of rotatable bonds is 5. The van der Waals surface area contributed by atoms with Crippen molar-refractivity contribution >= 4 is 19.2 Å². The highest BCUT2D eigenvalue weighted by molar-refractivity contribution is 6.41. The third-order valence-electron chi connectivity index (χ3n) is 2.83. The van der Waals surface area contributed by atoms with Crippen molar-refractivity contribution in [2.24, 2.45) is 4.99 Å². The maximum Gasteiger partial charge on any atom is 0.677 e. The number of aliphatic imine (C=N–C) groups is 1. The molecule has 98 valence electrons. The molecule has 0 atom stereocenters. The van der Waals surface area contributed by atoms with Crippen LogP contribution in [0.15, 0.2) is 53.3 Å². The molecule has 0 fully saturated rings. The normalized spacial score (nSPS) is 16.6. The average Bonchev–Trinajstić information content (AvgIpc) is 3.05. The molecule has 2 rings (SSSR count). The quantitative estimate of drug-likeness (QED) is 0.713. The van der Waals surface area contributed by atoms with Gasteiger partial charge in [-0.1, -0.05) is 25.5 Å². The first-order valence-corrected chi connectivity index (χ1v) is 6.31. The van der Waals surface area contributed by atoms with E-state index in [2.05, 4.69) is 11.9 Å². The lowest BCUT2D eigenvalue weighted by Gasteiger charge is -2.08. The summed E-state index contributed by atoms with van der Waals surface area (Å²) < 4.78 is 26.9. The van der Waals surface area contributed by atoms with Crippen LogP contribution in [0.5, 0.6) is 0 Å². The van der Waals surface area contributed by atoms with Crippen molar-refractivity contribution in [1.29, 1.82) is 0 Å². The second-order valence-corrected chi connectivity index (χ2v) is 4.21. The van der Waals surface area contributed by atoms with Crippen molar-refractivity contribution in [3.8, 4) is 0 Å². The van der Waals surface area contributed by atoms with Gasteiger partial charge in [0.05, 0.1) is 5.70 Å². The molecule has 19 heavy (non-hydrogen) atoms. The van der Waals surface area contributed by atoms with Gasteiger partial charge in [-0.25, -0.2) is 0 Å². The molecule has 0 spiro atoms. The lowest BCUT2D eigenvalue weighted by molar-refractivity contribution is 0.628. The van der Waals surface area contributed by atoms with Gasteiger partial charge in [0.1, 0.15) is 0 Å². The standard InChI is InChI=1S/C14H15BF2N2/c1-2-3-4-7-12(13-8-5-10-18-13)14-9-6-11-19(14)15(16)17/h4-11H,2-3H2,1H3/b7-4+,13-12-. The summed E-state index contributed by atoms with van der Waals surface area (Å²) in [5.41, 5.74) is 1.93. The van der Waals surface area contributed by atoms with E-state index in [9.17, 15) is 8.63 Å². The third kappa shape index (κ3) is 3.10. The van der Waals surface area contributed by atoms with E-state index in [-0.39, 0.29) is 0 Å². The minimum absolute atomic E-state index is 0.487. The van der Waals surface area contributed by atoms with Crippen LogP contribution in [0.4, 0.5) is 8.63 Å². The van der Waals surface area contributed by atoms with Gasteiger partial charge in [-0.2, -0.15) is 0 Å². The van der Waals surface area contributed by atoms with Crippen LogP contribution >= 0.6 is 0 Å². The Hall–Kier alpha value is -1.91. The molecule has 0 radical (unpaired) electrons. The molecule has 1 aliphatic rings. The van der Waals surface area contributed by atoms with E-state index in [1.54, 1.807) is 24.4 Å². The molecule has 0 N–H and O–H groups in total. The van der Waals surface area contributed by atoms with Crippen LogP contribution in [0.2, 0.25) is 0 Å². The molecule has 0 saturated carbocycles. The number of halogens is 2. The largest absolute Gasteiger partial charge is 0.677 e. The maximum absolute atomic E-state index is 13.0. The highest BCUT2D eigenvalue weighted by Gasteiger charge is 2.21. The predicted molar refractivity (Wildman–Crippen MR) is 76.4 cm³/mol. The highest BCUT2D eigenvalue weighted by atomic mass is 19.2. The van der Waals surface area contributed by atoms with E-state index >= 15 is 0 Å². The molecule has 5 heteroatoms. The summed E-state index contributed by atoms with van der Waals surface area (Å²) in [4.78, 5) is 4.21. The average molecular weight is 260 g/mol. The molecule has 1 aliphatic heterocycles. The molecule has 0 aliphatic carbocycles. The van der Waals surface area contributed by atoms with Crippen molar-refractivity contribution < 1.29 is 8.63 Å². The Kier molecular flexibility index (Phi) is 4.50. The van der Waals surface area contributed by atoms with Gasteiger partial charge < -0.3 is 4.48 Å². The summed E-state index contributed by atoms with van der Waals surface area (Å²) in [6.07, 6.45) is 12.5. The zero-order chi connectivity index (χ0) is 13.7. The van der Waals surface area contributed by atoms with Gasteiger partial charge in [0.15, 0.2) is 0 Å². The molecule has 1 aromatic rings. The van der Waals surface area contributed by atoms with Crippen LogP contribution in [0, 0.1) is 0 Å². The van der Waals surface area contributed by atoms with Gasteiger partial charge in [0.2, 0.25) is 0 Å². The Morgan fingerprint density at radius 2 is 2.32 bits per heavy atom. The van der Waals surface area contributed by atoms with Crippen LogP contribution < -0.4 is 0 Å². The molecule has 2 nitrogen and oxygen atoms in total. The lowest BCUT2D eigenvalue weighted by Crippen LogP contribution is -2.14. The molecule has 0 saturated heterocycles. The SMILES string of the molecule is CCC/C=C/C(=C1\C=CC=N1)c1cccn1B(F)F. The predicted octanol–water partition coefficient (Wildman–Crippen LogP) is 3.97. The minimum Gasteiger partial charge on any atom is -0.332 e. The first-order chi connectivity index (χ1) is 9.24. The van der Waals surface area contributed by atoms with Crippen molar-refractivity contribution in [1.82, 2.24) is 4.48 Å². The summed E-state index contributed by atoms with van der Waals surface area (Å²) in [5, 5.41) is 0. The topological polar surface area (TPSA) is 17.3 Å². The van der Waals surface area contributed by atoms with E-state index < -0.39 is 7.40 Å². The van der Waals surface area contributed by atoms with Gasteiger partial charge in [-0.3, -0.25) is 13.6 Å². The van der Waals surface area contributed by atoms with E-state index in [0.29, 0.717) is 11.4 Å². The van der Waals surface area contributed by atoms with Gasteiger partial charge in [-0.05, 0) is 36.9 Å². The first-order valence-electron chi connectivity index (χ1n) is 6.31. The van der Waals surface area contributed by atoms with E-state index in [4.69, 9.17) is 0 Å². The summed E-state index contributed by atoms with van der Waals surface area (Å²) >= 11 is 0. The fourth-order valence-corrected chi connectivity index (χ4v) is 1.92. The van der Waals surface area contributed by atoms with Gasteiger partial charge in [0.25, 0.3) is 0 Å². The van der Waals surface area contributed by atoms with Gasteiger partial charge in [-0.15, -0.1) is 0 Å². The molecular formula is C14H15BF2N2. The number of nitrogens with zero attached hydrogens (tertiary/aromatic N) is 2. The molecule has 0 aromatic carbocycles. The monoisotopic (exact) mass is 260 g/mol. The molecule has 0 bridgehead atoms. The summed E-state index contributed by atoms with van der Waals surface area (Å²) in [5.74, 6) is 0. The Morgan fingerprint density at radius 3 is 2.95 bits per heavy atom. The third-order valence-corrected chi connectivity index (χ3v) is 2.83. The lowest BCUT2D eigenvalue weighted by atomic mass is 10.1. The van der Waals surface area contributed by atoms with Crippen molar-refractivity contribution in [2.75, 3.05) is 0 Å². The number of hydrogen-bond acceptors (Lipinski definition) is 1. The Bertz CT molecular complexity index is 540. The number of hydrogen-bond donors (Lipinski definition) is 0. The molecule has 1 aromatic heterocycles. The van der Waals surface area contributed by atoms with Crippen LogP contribution in [-0.4, -0.2) is 18.1 Å². The summed E-state index contributed by atoms with van der Waals surface area (Å²) in [7, 11) is -2.55. The fraction of sp³-hybridized carbons (Fsp3) is 0.214. The first kappa shape index (κ1) is 13.5. The van der Waals surface area contributed by atoms with Crippen LogP contribution in [0.1, 0.15) is 25.5 Å². The van der Waals surface area contributed by atoms with Crippen molar-refractivity contribution in [3.63, 3.8) is 0 Å². The minimum atomic E-state index is -2.55. The Labute approximate surface area is 112 Å². The summed E-state index contributed by atoms with van der Waals surface area (Å²) in [6, 6.07) is 3.31. The second-order valence-electron chi connectivity index (χ2n) is 4.21. The molecular weight excluding hydrogens is 245 g/mol.